The molecular weight excluding hydrogens is 200 g/mol. The molecule has 2 aliphatic rings. The lowest BCUT2D eigenvalue weighted by Crippen LogP contribution is -2.28. The van der Waals surface area contributed by atoms with E-state index in [9.17, 15) is 0 Å². The van der Waals surface area contributed by atoms with E-state index in [2.05, 4.69) is 26.8 Å². The van der Waals surface area contributed by atoms with Crippen LogP contribution in [0.15, 0.2) is 12.4 Å². The monoisotopic (exact) mass is 220 g/mol. The molecule has 4 heteroatoms. The van der Waals surface area contributed by atoms with Crippen molar-refractivity contribution >= 4 is 0 Å². The van der Waals surface area contributed by atoms with Crippen LogP contribution in [0.2, 0.25) is 0 Å². The van der Waals surface area contributed by atoms with E-state index in [0.29, 0.717) is 0 Å². The van der Waals surface area contributed by atoms with Gasteiger partial charge in [0.2, 0.25) is 0 Å². The number of fused-ring (bicyclic) bond motifs is 1. The predicted octanol–water partition coefficient (Wildman–Crippen LogP) is 0.114. The molecule has 1 N–H and O–H groups in total. The van der Waals surface area contributed by atoms with Gasteiger partial charge in [-0.1, -0.05) is 0 Å². The maximum absolute atomic E-state index is 4.37. The molecule has 88 valence electrons. The first kappa shape index (κ1) is 10.3. The van der Waals surface area contributed by atoms with Crippen molar-refractivity contribution in [2.75, 3.05) is 32.7 Å². The summed E-state index contributed by atoms with van der Waals surface area (Å²) in [5.74, 6) is 3.01. The third kappa shape index (κ3) is 1.87. The van der Waals surface area contributed by atoms with Gasteiger partial charge in [-0.15, -0.1) is 0 Å². The Hall–Kier alpha value is -0.870. The van der Waals surface area contributed by atoms with Crippen LogP contribution in [0.5, 0.6) is 0 Å². The van der Waals surface area contributed by atoms with Gasteiger partial charge >= 0.3 is 0 Å². The number of hydrogen-bond donors (Lipinski definition) is 1. The van der Waals surface area contributed by atoms with Crippen molar-refractivity contribution < 1.29 is 0 Å². The summed E-state index contributed by atoms with van der Waals surface area (Å²) in [5, 5.41) is 3.48. The van der Waals surface area contributed by atoms with Crippen molar-refractivity contribution in [3.8, 4) is 0 Å². The minimum Gasteiger partial charge on any atom is -0.338 e. The van der Waals surface area contributed by atoms with Gasteiger partial charge in [0.25, 0.3) is 0 Å². The van der Waals surface area contributed by atoms with Crippen molar-refractivity contribution in [3.05, 3.63) is 18.2 Å². The Kier molecular flexibility index (Phi) is 2.69. The van der Waals surface area contributed by atoms with Crippen molar-refractivity contribution in [3.63, 3.8) is 0 Å². The van der Waals surface area contributed by atoms with E-state index in [1.165, 1.54) is 32.0 Å². The van der Waals surface area contributed by atoms with E-state index in [-0.39, 0.29) is 0 Å². The SMILES string of the molecule is Cn1ccnc1CCN1C[C@H]2CNC[C@H]2C1. The van der Waals surface area contributed by atoms with Crippen LogP contribution in [-0.4, -0.2) is 47.2 Å². The molecule has 0 unspecified atom stereocenters. The lowest BCUT2D eigenvalue weighted by Gasteiger charge is -2.16. The molecule has 0 aliphatic carbocycles. The first-order chi connectivity index (χ1) is 7.83. The Morgan fingerprint density at radius 2 is 2.12 bits per heavy atom. The second kappa shape index (κ2) is 4.18. The summed E-state index contributed by atoms with van der Waals surface area (Å²) < 4.78 is 2.12. The normalized spacial score (nSPS) is 29.8. The number of imidazole rings is 1. The van der Waals surface area contributed by atoms with Crippen LogP contribution in [-0.2, 0) is 13.5 Å². The van der Waals surface area contributed by atoms with E-state index in [1.807, 2.05) is 12.4 Å². The molecule has 3 heterocycles. The van der Waals surface area contributed by atoms with E-state index >= 15 is 0 Å². The summed E-state index contributed by atoms with van der Waals surface area (Å²) in [6, 6.07) is 0. The minimum absolute atomic E-state index is 0.904. The molecule has 3 rings (SSSR count). The van der Waals surface area contributed by atoms with Crippen LogP contribution in [0.25, 0.3) is 0 Å². The quantitative estimate of drug-likeness (QED) is 0.785. The molecule has 16 heavy (non-hydrogen) atoms. The van der Waals surface area contributed by atoms with Crippen LogP contribution in [0.4, 0.5) is 0 Å². The first-order valence-electron chi connectivity index (χ1n) is 6.22. The summed E-state index contributed by atoms with van der Waals surface area (Å²) in [5.41, 5.74) is 0. The van der Waals surface area contributed by atoms with E-state index < -0.39 is 0 Å². The number of nitrogens with zero attached hydrogens (tertiary/aromatic N) is 3. The molecule has 0 radical (unpaired) electrons. The lowest BCUT2D eigenvalue weighted by molar-refractivity contribution is 0.314. The molecule has 2 saturated heterocycles. The topological polar surface area (TPSA) is 33.1 Å². The minimum atomic E-state index is 0.904. The summed E-state index contributed by atoms with van der Waals surface area (Å²) in [6.07, 6.45) is 4.99. The van der Waals surface area contributed by atoms with Crippen LogP contribution in [0.1, 0.15) is 5.82 Å². The molecule has 0 bridgehead atoms. The number of aromatic nitrogens is 2. The van der Waals surface area contributed by atoms with Crippen LogP contribution >= 0.6 is 0 Å². The summed E-state index contributed by atoms with van der Waals surface area (Å²) in [6.45, 7) is 6.18. The highest BCUT2D eigenvalue weighted by Gasteiger charge is 2.35. The molecule has 4 nitrogen and oxygen atoms in total. The van der Waals surface area contributed by atoms with Crippen LogP contribution in [0.3, 0.4) is 0 Å². The first-order valence-corrected chi connectivity index (χ1v) is 6.22. The van der Waals surface area contributed by atoms with Crippen molar-refractivity contribution in [2.45, 2.75) is 6.42 Å². The van der Waals surface area contributed by atoms with E-state index in [1.54, 1.807) is 0 Å². The smallest absolute Gasteiger partial charge is 0.109 e. The Morgan fingerprint density at radius 1 is 1.38 bits per heavy atom. The number of likely N-dealkylation sites (tertiary alicyclic amines) is 1. The number of nitrogens with one attached hydrogen (secondary N) is 1. The molecule has 0 saturated carbocycles. The third-order valence-electron chi connectivity index (χ3n) is 4.04. The Balaban J connectivity index is 1.52. The van der Waals surface area contributed by atoms with Crippen molar-refractivity contribution in [2.24, 2.45) is 18.9 Å². The molecular formula is C12H20N4. The molecule has 0 aromatic carbocycles. The summed E-state index contributed by atoms with van der Waals surface area (Å²) in [7, 11) is 2.07. The van der Waals surface area contributed by atoms with E-state index in [4.69, 9.17) is 0 Å². The Bertz CT molecular complexity index is 348. The molecule has 0 amide bonds. The number of hydrogen-bond acceptors (Lipinski definition) is 3. The second-order valence-electron chi connectivity index (χ2n) is 5.14. The predicted molar refractivity (Wildman–Crippen MR) is 63.2 cm³/mol. The fourth-order valence-corrected chi connectivity index (χ4v) is 3.03. The second-order valence-corrected chi connectivity index (χ2v) is 5.14. The molecule has 1 aromatic rings. The molecule has 2 fully saturated rings. The van der Waals surface area contributed by atoms with Gasteiger partial charge in [0.1, 0.15) is 5.82 Å². The van der Waals surface area contributed by atoms with Crippen LogP contribution < -0.4 is 5.32 Å². The zero-order valence-electron chi connectivity index (χ0n) is 9.89. The van der Waals surface area contributed by atoms with Gasteiger partial charge in [-0.3, -0.25) is 0 Å². The van der Waals surface area contributed by atoms with Gasteiger partial charge < -0.3 is 14.8 Å². The van der Waals surface area contributed by atoms with Gasteiger partial charge in [0.15, 0.2) is 0 Å². The number of rotatable bonds is 3. The lowest BCUT2D eigenvalue weighted by atomic mass is 10.0. The summed E-state index contributed by atoms with van der Waals surface area (Å²) >= 11 is 0. The molecule has 2 atom stereocenters. The zero-order chi connectivity index (χ0) is 11.0. The van der Waals surface area contributed by atoms with Gasteiger partial charge in [-0.25, -0.2) is 4.98 Å². The van der Waals surface area contributed by atoms with Gasteiger partial charge in [0.05, 0.1) is 0 Å². The zero-order valence-corrected chi connectivity index (χ0v) is 9.89. The Labute approximate surface area is 96.7 Å². The highest BCUT2D eigenvalue weighted by Crippen LogP contribution is 2.25. The maximum atomic E-state index is 4.37. The standard InChI is InChI=1S/C12H20N4/c1-15-5-3-14-12(15)2-4-16-8-10-6-13-7-11(10)9-16/h3,5,10-11,13H,2,4,6-9H2,1H3/t10-,11+. The fourth-order valence-electron chi connectivity index (χ4n) is 3.03. The maximum Gasteiger partial charge on any atom is 0.109 e. The van der Waals surface area contributed by atoms with Gasteiger partial charge in [-0.2, -0.15) is 0 Å². The molecule has 1 aromatic heterocycles. The number of aryl methyl sites for hydroxylation is 1. The highest BCUT2D eigenvalue weighted by atomic mass is 15.2. The third-order valence-corrected chi connectivity index (χ3v) is 4.04. The molecule has 0 spiro atoms. The van der Waals surface area contributed by atoms with Crippen molar-refractivity contribution in [1.29, 1.82) is 0 Å². The fraction of sp³-hybridized carbons (Fsp3) is 0.750. The van der Waals surface area contributed by atoms with Gasteiger partial charge in [-0.05, 0) is 24.9 Å². The Morgan fingerprint density at radius 3 is 2.75 bits per heavy atom. The summed E-state index contributed by atoms with van der Waals surface area (Å²) in [4.78, 5) is 6.97. The average Bonchev–Trinajstić information content (AvgIpc) is 2.89. The highest BCUT2D eigenvalue weighted by molar-refractivity contribution is 4.95. The van der Waals surface area contributed by atoms with Crippen molar-refractivity contribution in [1.82, 2.24) is 19.8 Å². The molecule has 2 aliphatic heterocycles. The van der Waals surface area contributed by atoms with Crippen LogP contribution in [0, 0.1) is 11.8 Å². The largest absolute Gasteiger partial charge is 0.338 e. The van der Waals surface area contributed by atoms with E-state index in [0.717, 1.165) is 24.8 Å². The average molecular weight is 220 g/mol. The van der Waals surface area contributed by atoms with Gasteiger partial charge in [0, 0.05) is 45.5 Å².